The molecule has 2 aromatic heterocycles. The van der Waals surface area contributed by atoms with Crippen molar-refractivity contribution in [1.82, 2.24) is 20.3 Å². The average molecular weight is 300 g/mol. The fourth-order valence-corrected chi connectivity index (χ4v) is 2.41. The summed E-state index contributed by atoms with van der Waals surface area (Å²) in [5.41, 5.74) is 3.60. The van der Waals surface area contributed by atoms with Crippen LogP contribution < -0.4 is 5.32 Å². The normalized spacial score (nSPS) is 12.5. The van der Waals surface area contributed by atoms with E-state index < -0.39 is 0 Å². The molecule has 1 atom stereocenters. The minimum atomic E-state index is -0.272. The highest BCUT2D eigenvalue weighted by Crippen LogP contribution is 2.20. The SMILES string of the molecule is Cc1c(C(C)NCc2ccon2)cnn1-c1cccc(F)c1. The van der Waals surface area contributed by atoms with Crippen LogP contribution in [0, 0.1) is 12.7 Å². The molecule has 0 saturated carbocycles. The second-order valence-corrected chi connectivity index (χ2v) is 5.17. The highest BCUT2D eigenvalue weighted by molar-refractivity contribution is 5.35. The minimum absolute atomic E-state index is 0.0963. The molecule has 0 fully saturated rings. The van der Waals surface area contributed by atoms with Crippen molar-refractivity contribution >= 4 is 0 Å². The van der Waals surface area contributed by atoms with Gasteiger partial charge >= 0.3 is 0 Å². The van der Waals surface area contributed by atoms with E-state index in [4.69, 9.17) is 4.52 Å². The van der Waals surface area contributed by atoms with Gasteiger partial charge in [-0.15, -0.1) is 0 Å². The maximum absolute atomic E-state index is 13.4. The zero-order valence-corrected chi connectivity index (χ0v) is 12.5. The third kappa shape index (κ3) is 2.92. The molecule has 0 radical (unpaired) electrons. The van der Waals surface area contributed by atoms with Crippen LogP contribution in [0.1, 0.15) is 29.9 Å². The van der Waals surface area contributed by atoms with Gasteiger partial charge in [-0.05, 0) is 32.0 Å². The van der Waals surface area contributed by atoms with Crippen molar-refractivity contribution in [3.63, 3.8) is 0 Å². The predicted molar refractivity (Wildman–Crippen MR) is 80.0 cm³/mol. The molecule has 0 aliphatic heterocycles. The summed E-state index contributed by atoms with van der Waals surface area (Å²) in [4.78, 5) is 0. The molecule has 5 nitrogen and oxygen atoms in total. The Labute approximate surface area is 127 Å². The zero-order valence-electron chi connectivity index (χ0n) is 12.5. The van der Waals surface area contributed by atoms with E-state index in [1.54, 1.807) is 23.2 Å². The van der Waals surface area contributed by atoms with Gasteiger partial charge in [-0.25, -0.2) is 9.07 Å². The first kappa shape index (κ1) is 14.5. The maximum atomic E-state index is 13.4. The monoisotopic (exact) mass is 300 g/mol. The Balaban J connectivity index is 1.77. The maximum Gasteiger partial charge on any atom is 0.125 e. The van der Waals surface area contributed by atoms with E-state index in [0.717, 1.165) is 17.0 Å². The van der Waals surface area contributed by atoms with Gasteiger partial charge in [0.1, 0.15) is 12.1 Å². The van der Waals surface area contributed by atoms with Crippen LogP contribution in [0.25, 0.3) is 5.69 Å². The fraction of sp³-hybridized carbons (Fsp3) is 0.250. The summed E-state index contributed by atoms with van der Waals surface area (Å²) in [6, 6.07) is 8.32. The predicted octanol–water partition coefficient (Wildman–Crippen LogP) is 3.16. The van der Waals surface area contributed by atoms with Gasteiger partial charge in [0, 0.05) is 29.9 Å². The van der Waals surface area contributed by atoms with Crippen molar-refractivity contribution < 1.29 is 8.91 Å². The molecule has 114 valence electrons. The second kappa shape index (κ2) is 6.11. The van der Waals surface area contributed by atoms with Gasteiger partial charge in [0.2, 0.25) is 0 Å². The molecule has 0 amide bonds. The average Bonchev–Trinajstić information content (AvgIpc) is 3.14. The van der Waals surface area contributed by atoms with Crippen LogP contribution in [0.4, 0.5) is 4.39 Å². The van der Waals surface area contributed by atoms with Crippen LogP contribution in [-0.2, 0) is 6.54 Å². The van der Waals surface area contributed by atoms with Gasteiger partial charge in [-0.1, -0.05) is 11.2 Å². The molecule has 0 spiro atoms. The quantitative estimate of drug-likeness (QED) is 0.786. The van der Waals surface area contributed by atoms with Crippen molar-refractivity contribution in [1.29, 1.82) is 0 Å². The first-order valence-electron chi connectivity index (χ1n) is 7.08. The number of nitrogens with zero attached hydrogens (tertiary/aromatic N) is 3. The number of hydrogen-bond acceptors (Lipinski definition) is 4. The highest BCUT2D eigenvalue weighted by atomic mass is 19.1. The van der Waals surface area contributed by atoms with Crippen LogP contribution >= 0.6 is 0 Å². The molecule has 0 aliphatic carbocycles. The Bertz CT molecular complexity index is 751. The Kier molecular flexibility index (Phi) is 4.02. The summed E-state index contributed by atoms with van der Waals surface area (Å²) >= 11 is 0. The lowest BCUT2D eigenvalue weighted by Crippen LogP contribution is -2.18. The molecule has 3 rings (SSSR count). The van der Waals surface area contributed by atoms with Gasteiger partial charge in [-0.3, -0.25) is 0 Å². The first-order valence-corrected chi connectivity index (χ1v) is 7.08. The second-order valence-electron chi connectivity index (χ2n) is 5.17. The molecule has 22 heavy (non-hydrogen) atoms. The van der Waals surface area contributed by atoms with Crippen molar-refractivity contribution in [3.8, 4) is 5.69 Å². The van der Waals surface area contributed by atoms with Crippen LogP contribution in [0.5, 0.6) is 0 Å². The summed E-state index contributed by atoms with van der Waals surface area (Å²) in [5, 5.41) is 11.6. The van der Waals surface area contributed by atoms with E-state index in [1.807, 2.05) is 19.1 Å². The summed E-state index contributed by atoms with van der Waals surface area (Å²) in [6.45, 7) is 4.64. The van der Waals surface area contributed by atoms with Crippen molar-refractivity contribution in [3.05, 3.63) is 65.6 Å². The van der Waals surface area contributed by atoms with E-state index in [0.29, 0.717) is 12.2 Å². The molecule has 1 unspecified atom stereocenters. The number of hydrogen-bond donors (Lipinski definition) is 1. The van der Waals surface area contributed by atoms with E-state index >= 15 is 0 Å². The van der Waals surface area contributed by atoms with Crippen LogP contribution in [0.3, 0.4) is 0 Å². The molecule has 6 heteroatoms. The molecular weight excluding hydrogens is 283 g/mol. The minimum Gasteiger partial charge on any atom is -0.364 e. The first-order chi connectivity index (χ1) is 10.6. The topological polar surface area (TPSA) is 55.9 Å². The van der Waals surface area contributed by atoms with E-state index in [-0.39, 0.29) is 11.9 Å². The molecule has 3 aromatic rings. The van der Waals surface area contributed by atoms with Crippen molar-refractivity contribution in [2.45, 2.75) is 26.4 Å². The number of aromatic nitrogens is 3. The van der Waals surface area contributed by atoms with Crippen LogP contribution in [-0.4, -0.2) is 14.9 Å². The summed E-state index contributed by atoms with van der Waals surface area (Å²) in [7, 11) is 0. The number of halogens is 1. The van der Waals surface area contributed by atoms with Gasteiger partial charge < -0.3 is 9.84 Å². The zero-order chi connectivity index (χ0) is 15.5. The third-order valence-electron chi connectivity index (χ3n) is 3.65. The standard InChI is InChI=1S/C16H17FN4O/c1-11(18-9-14-6-7-22-20-14)16-10-19-21(12(16)2)15-5-3-4-13(17)8-15/h3-8,10-11,18H,9H2,1-2H3. The molecule has 0 aliphatic rings. The van der Waals surface area contributed by atoms with Crippen molar-refractivity contribution in [2.24, 2.45) is 0 Å². The third-order valence-corrected chi connectivity index (χ3v) is 3.65. The van der Waals surface area contributed by atoms with Crippen LogP contribution in [0.15, 0.2) is 47.3 Å². The summed E-state index contributed by atoms with van der Waals surface area (Å²) in [5.74, 6) is -0.272. The van der Waals surface area contributed by atoms with Gasteiger partial charge in [-0.2, -0.15) is 5.10 Å². The van der Waals surface area contributed by atoms with Crippen LogP contribution in [0.2, 0.25) is 0 Å². The Morgan fingerprint density at radius 3 is 2.95 bits per heavy atom. The highest BCUT2D eigenvalue weighted by Gasteiger charge is 2.14. The largest absolute Gasteiger partial charge is 0.364 e. The molecule has 1 aromatic carbocycles. The number of benzene rings is 1. The number of nitrogens with one attached hydrogen (secondary N) is 1. The number of rotatable bonds is 5. The Hall–Kier alpha value is -2.47. The van der Waals surface area contributed by atoms with E-state index in [1.165, 1.54) is 12.1 Å². The Morgan fingerprint density at radius 2 is 2.23 bits per heavy atom. The lowest BCUT2D eigenvalue weighted by Gasteiger charge is -2.13. The Morgan fingerprint density at radius 1 is 1.36 bits per heavy atom. The molecule has 1 N–H and O–H groups in total. The fourth-order valence-electron chi connectivity index (χ4n) is 2.41. The molecular formula is C16H17FN4O. The molecule has 0 saturated heterocycles. The smallest absolute Gasteiger partial charge is 0.125 e. The lowest BCUT2D eigenvalue weighted by atomic mass is 10.1. The summed E-state index contributed by atoms with van der Waals surface area (Å²) in [6.07, 6.45) is 3.36. The van der Waals surface area contributed by atoms with Gasteiger partial charge in [0.15, 0.2) is 0 Å². The molecule has 2 heterocycles. The molecule has 0 bridgehead atoms. The lowest BCUT2D eigenvalue weighted by molar-refractivity contribution is 0.406. The van der Waals surface area contributed by atoms with Gasteiger partial charge in [0.25, 0.3) is 0 Å². The van der Waals surface area contributed by atoms with E-state index in [9.17, 15) is 4.39 Å². The van der Waals surface area contributed by atoms with Crippen molar-refractivity contribution in [2.75, 3.05) is 0 Å². The van der Waals surface area contributed by atoms with Gasteiger partial charge in [0.05, 0.1) is 17.6 Å². The summed E-state index contributed by atoms with van der Waals surface area (Å²) < 4.78 is 19.9. The van der Waals surface area contributed by atoms with E-state index in [2.05, 4.69) is 22.5 Å².